The molecule has 0 aliphatic carbocycles. The van der Waals surface area contributed by atoms with Crippen molar-refractivity contribution in [3.8, 4) is 5.75 Å². The highest BCUT2D eigenvalue weighted by atomic mass is 16.5. The lowest BCUT2D eigenvalue weighted by Crippen LogP contribution is -2.51. The Balaban J connectivity index is 1.73. The highest BCUT2D eigenvalue weighted by Crippen LogP contribution is 2.19. The maximum Gasteiger partial charge on any atom is 0.255 e. The molecule has 204 valence electrons. The van der Waals surface area contributed by atoms with E-state index in [1.807, 2.05) is 13.8 Å². The number of rotatable bonds is 5. The third-order valence-corrected chi connectivity index (χ3v) is 6.39. The molecule has 2 atom stereocenters. The number of nitrogens with one attached hydrogen (secondary N) is 4. The molecule has 2 aliphatic heterocycles. The van der Waals surface area contributed by atoms with E-state index in [1.165, 1.54) is 0 Å². The molecule has 0 spiro atoms. The summed E-state index contributed by atoms with van der Waals surface area (Å²) in [6, 6.07) is 5.17. The van der Waals surface area contributed by atoms with Gasteiger partial charge in [-0.25, -0.2) is 0 Å². The van der Waals surface area contributed by atoms with E-state index in [2.05, 4.69) is 26.2 Å². The number of amides is 4. The average molecular weight is 518 g/mol. The van der Waals surface area contributed by atoms with Crippen LogP contribution in [0.15, 0.2) is 24.3 Å². The Hall–Kier alpha value is -3.18. The maximum atomic E-state index is 13.1. The van der Waals surface area contributed by atoms with E-state index in [1.54, 1.807) is 24.3 Å². The van der Waals surface area contributed by atoms with Gasteiger partial charge in [0.2, 0.25) is 17.7 Å². The molecule has 11 heteroatoms. The summed E-state index contributed by atoms with van der Waals surface area (Å²) in [6.07, 6.45) is 0.571. The maximum absolute atomic E-state index is 13.1. The second kappa shape index (κ2) is 14.5. The van der Waals surface area contributed by atoms with E-state index in [9.17, 15) is 19.2 Å². The van der Waals surface area contributed by atoms with Crippen molar-refractivity contribution in [1.29, 1.82) is 0 Å². The number of morpholine rings is 1. The molecule has 1 aromatic carbocycles. The van der Waals surface area contributed by atoms with Crippen molar-refractivity contribution in [2.45, 2.75) is 45.2 Å². The summed E-state index contributed by atoms with van der Waals surface area (Å²) in [5, 5.41) is 11.3. The van der Waals surface area contributed by atoms with Gasteiger partial charge in [0.15, 0.2) is 0 Å². The Morgan fingerprint density at radius 1 is 1.11 bits per heavy atom. The number of benzene rings is 1. The fraction of sp³-hybridized carbons (Fsp3) is 0.615. The standard InChI is InChI=1S/C26H39N5O6/c1-18(2)23-26(35)27-10-5-15-37-21-7-4-3-6-19(21)24(33)29-20(8-9-22(32)30-23)25(34)28-11-12-31-13-16-36-17-14-31/h3-4,6-7,18,20,23H,5,8-17H2,1-2H3,(H,27,35)(H,28,34)(H,29,33)(H,30,32)/t20-,23+/m0/s1. The zero-order valence-corrected chi connectivity index (χ0v) is 21.7. The van der Waals surface area contributed by atoms with Crippen molar-refractivity contribution in [1.82, 2.24) is 26.2 Å². The van der Waals surface area contributed by atoms with Crippen LogP contribution in [0.2, 0.25) is 0 Å². The first-order valence-corrected chi connectivity index (χ1v) is 13.0. The first kappa shape index (κ1) is 28.4. The van der Waals surface area contributed by atoms with Crippen LogP contribution < -0.4 is 26.0 Å². The van der Waals surface area contributed by atoms with Crippen LogP contribution in [0.3, 0.4) is 0 Å². The number of hydrogen-bond donors (Lipinski definition) is 4. The third-order valence-electron chi connectivity index (χ3n) is 6.39. The van der Waals surface area contributed by atoms with Gasteiger partial charge in [0.05, 0.1) is 25.4 Å². The van der Waals surface area contributed by atoms with Crippen LogP contribution in [0.25, 0.3) is 0 Å². The van der Waals surface area contributed by atoms with Gasteiger partial charge in [0, 0.05) is 39.1 Å². The second-order valence-corrected chi connectivity index (χ2v) is 9.59. The molecule has 2 heterocycles. The Labute approximate surface area is 218 Å². The molecule has 0 saturated carbocycles. The Morgan fingerprint density at radius 2 is 1.86 bits per heavy atom. The quantitative estimate of drug-likeness (QED) is 0.433. The molecule has 11 nitrogen and oxygen atoms in total. The van der Waals surface area contributed by atoms with Gasteiger partial charge in [-0.05, 0) is 30.9 Å². The number of fused-ring (bicyclic) bond motifs is 1. The van der Waals surface area contributed by atoms with Gasteiger partial charge < -0.3 is 30.7 Å². The minimum Gasteiger partial charge on any atom is -0.493 e. The number of carbonyl (C=O) groups is 4. The van der Waals surface area contributed by atoms with E-state index in [0.29, 0.717) is 50.6 Å². The van der Waals surface area contributed by atoms with Crippen molar-refractivity contribution >= 4 is 23.6 Å². The topological polar surface area (TPSA) is 138 Å². The van der Waals surface area contributed by atoms with E-state index in [4.69, 9.17) is 9.47 Å². The molecule has 1 saturated heterocycles. The van der Waals surface area contributed by atoms with E-state index < -0.39 is 18.0 Å². The van der Waals surface area contributed by atoms with Crippen LogP contribution in [-0.2, 0) is 19.1 Å². The van der Waals surface area contributed by atoms with Crippen molar-refractivity contribution < 1.29 is 28.7 Å². The highest BCUT2D eigenvalue weighted by molar-refractivity contribution is 5.99. The van der Waals surface area contributed by atoms with Crippen LogP contribution in [-0.4, -0.2) is 93.2 Å². The molecule has 3 rings (SSSR count). The van der Waals surface area contributed by atoms with Gasteiger partial charge in [-0.2, -0.15) is 0 Å². The van der Waals surface area contributed by atoms with Gasteiger partial charge in [0.25, 0.3) is 5.91 Å². The molecule has 4 amide bonds. The lowest BCUT2D eigenvalue weighted by molar-refractivity contribution is -0.130. The Kier molecular flexibility index (Phi) is 11.2. The van der Waals surface area contributed by atoms with Crippen LogP contribution in [0.4, 0.5) is 0 Å². The smallest absolute Gasteiger partial charge is 0.255 e. The van der Waals surface area contributed by atoms with E-state index >= 15 is 0 Å². The average Bonchev–Trinajstić information content (AvgIpc) is 2.89. The first-order valence-electron chi connectivity index (χ1n) is 13.0. The molecule has 0 unspecified atom stereocenters. The molecule has 4 N–H and O–H groups in total. The number of hydrogen-bond acceptors (Lipinski definition) is 7. The van der Waals surface area contributed by atoms with Crippen molar-refractivity contribution in [2.75, 3.05) is 52.5 Å². The summed E-state index contributed by atoms with van der Waals surface area (Å²) in [5.41, 5.74) is 0.300. The van der Waals surface area contributed by atoms with Gasteiger partial charge in [0.1, 0.15) is 17.8 Å². The minimum absolute atomic E-state index is 0.0313. The lowest BCUT2D eigenvalue weighted by atomic mass is 10.0. The fourth-order valence-corrected chi connectivity index (χ4v) is 4.20. The largest absolute Gasteiger partial charge is 0.493 e. The summed E-state index contributed by atoms with van der Waals surface area (Å²) < 4.78 is 11.2. The SMILES string of the molecule is CC(C)[C@H]1NC(=O)CC[C@@H](C(=O)NCCN2CCOCC2)NC(=O)c2ccccc2OCCCNC1=O. The fourth-order valence-electron chi connectivity index (χ4n) is 4.20. The van der Waals surface area contributed by atoms with Crippen molar-refractivity contribution in [2.24, 2.45) is 5.92 Å². The van der Waals surface area contributed by atoms with Crippen LogP contribution in [0.1, 0.15) is 43.5 Å². The number of nitrogens with zero attached hydrogens (tertiary/aromatic N) is 1. The molecule has 0 aromatic heterocycles. The highest BCUT2D eigenvalue weighted by Gasteiger charge is 2.27. The summed E-state index contributed by atoms with van der Waals surface area (Å²) in [7, 11) is 0. The predicted molar refractivity (Wildman–Crippen MR) is 137 cm³/mol. The Bertz CT molecular complexity index is 934. The third kappa shape index (κ3) is 9.01. The summed E-state index contributed by atoms with van der Waals surface area (Å²) in [4.78, 5) is 53.8. The van der Waals surface area contributed by atoms with Crippen LogP contribution >= 0.6 is 0 Å². The summed E-state index contributed by atoms with van der Waals surface area (Å²) >= 11 is 0. The monoisotopic (exact) mass is 517 g/mol. The zero-order valence-electron chi connectivity index (χ0n) is 21.7. The molecule has 1 fully saturated rings. The predicted octanol–water partition coefficient (Wildman–Crippen LogP) is 0.0531. The van der Waals surface area contributed by atoms with Crippen LogP contribution in [0, 0.1) is 5.92 Å². The summed E-state index contributed by atoms with van der Waals surface area (Å²) in [6.45, 7) is 8.38. The van der Waals surface area contributed by atoms with Crippen molar-refractivity contribution in [3.63, 3.8) is 0 Å². The molecule has 37 heavy (non-hydrogen) atoms. The molecule has 0 radical (unpaired) electrons. The number of ether oxygens (including phenoxy) is 2. The molecule has 0 bridgehead atoms. The molecule has 2 aliphatic rings. The Morgan fingerprint density at radius 3 is 2.62 bits per heavy atom. The molecular weight excluding hydrogens is 478 g/mol. The first-order chi connectivity index (χ1) is 17.8. The van der Waals surface area contributed by atoms with Gasteiger partial charge >= 0.3 is 0 Å². The molecule has 1 aromatic rings. The summed E-state index contributed by atoms with van der Waals surface area (Å²) in [5.74, 6) is -1.17. The van der Waals surface area contributed by atoms with Gasteiger partial charge in [-0.1, -0.05) is 26.0 Å². The van der Waals surface area contributed by atoms with Gasteiger partial charge in [-0.3, -0.25) is 24.1 Å². The van der Waals surface area contributed by atoms with Crippen LogP contribution in [0.5, 0.6) is 5.75 Å². The van der Waals surface area contributed by atoms with Gasteiger partial charge in [-0.15, -0.1) is 0 Å². The van der Waals surface area contributed by atoms with Crippen molar-refractivity contribution in [3.05, 3.63) is 29.8 Å². The van der Waals surface area contributed by atoms with E-state index in [-0.39, 0.29) is 43.1 Å². The normalized spacial score (nSPS) is 22.7. The number of para-hydroxylation sites is 1. The van der Waals surface area contributed by atoms with E-state index in [0.717, 1.165) is 13.1 Å². The number of carbonyl (C=O) groups excluding carboxylic acids is 4. The minimum atomic E-state index is -0.935. The zero-order chi connectivity index (χ0) is 26.6. The molecular formula is C26H39N5O6. The lowest BCUT2D eigenvalue weighted by Gasteiger charge is -2.27. The second-order valence-electron chi connectivity index (χ2n) is 9.59.